The molecule has 2 fully saturated rings. The molecule has 12 heteroatoms. The van der Waals surface area contributed by atoms with Gasteiger partial charge in [0.15, 0.2) is 11.5 Å². The number of H-pyrrole nitrogens is 1. The fraction of sp³-hybridized carbons (Fsp3) is 0.625. The Morgan fingerprint density at radius 1 is 1.11 bits per heavy atom. The van der Waals surface area contributed by atoms with Crippen molar-refractivity contribution in [3.63, 3.8) is 0 Å². The van der Waals surface area contributed by atoms with E-state index in [-0.39, 0.29) is 23.9 Å². The second kappa shape index (κ2) is 14.5. The van der Waals surface area contributed by atoms with Crippen molar-refractivity contribution in [2.75, 3.05) is 52.1 Å². The molecule has 0 unspecified atom stereocenters. The molecule has 0 bridgehead atoms. The van der Waals surface area contributed by atoms with E-state index in [1.165, 1.54) is 31.5 Å². The highest BCUT2D eigenvalue weighted by Gasteiger charge is 2.39. The lowest BCUT2D eigenvalue weighted by Crippen LogP contribution is -2.61. The number of ether oxygens (including phenoxy) is 1. The smallest absolute Gasteiger partial charge is 0.327 e. The monoisotopic (exact) mass is 609 g/mol. The van der Waals surface area contributed by atoms with Crippen LogP contribution in [0.25, 0.3) is 11.2 Å². The standard InChI is InChI=1S/C32H48N8O4/c1-3-4-20-44-31-36-29(33)28-30(37-31)39(32(43)35-28)17-5-16-38(22-24-8-6-23(7-9-24)21-27(41)42)25-12-18-40(2,19-13-25)26-10-14-34-15-11-26/h6-9,25-26,34H,3-5,10-22H2,1-2H3,(H3-,33,35,36,37,41,42,43)/p+1. The van der Waals surface area contributed by atoms with Crippen molar-refractivity contribution in [3.8, 4) is 6.01 Å². The van der Waals surface area contributed by atoms with Crippen molar-refractivity contribution in [1.29, 1.82) is 0 Å². The van der Waals surface area contributed by atoms with Gasteiger partial charge in [-0.2, -0.15) is 9.97 Å². The van der Waals surface area contributed by atoms with Gasteiger partial charge in [0.1, 0.15) is 5.52 Å². The van der Waals surface area contributed by atoms with Crippen LogP contribution in [0.2, 0.25) is 0 Å². The number of nitrogens with zero attached hydrogens (tertiary/aromatic N) is 5. The molecule has 0 aliphatic carbocycles. The first-order valence-electron chi connectivity index (χ1n) is 16.2. The van der Waals surface area contributed by atoms with Gasteiger partial charge in [0, 0.05) is 64.4 Å². The zero-order chi connectivity index (χ0) is 31.1. The lowest BCUT2D eigenvalue weighted by atomic mass is 9.94. The highest BCUT2D eigenvalue weighted by molar-refractivity contribution is 5.81. The van der Waals surface area contributed by atoms with E-state index in [1.54, 1.807) is 4.57 Å². The number of nitrogens with two attached hydrogens (primary N) is 1. The van der Waals surface area contributed by atoms with E-state index in [2.05, 4.69) is 39.1 Å². The third kappa shape index (κ3) is 7.77. The van der Waals surface area contributed by atoms with Crippen molar-refractivity contribution in [3.05, 3.63) is 45.9 Å². The molecule has 3 aromatic rings. The molecule has 0 amide bonds. The Labute approximate surface area is 259 Å². The van der Waals surface area contributed by atoms with Gasteiger partial charge in [0.2, 0.25) is 0 Å². The van der Waals surface area contributed by atoms with Crippen LogP contribution in [0.15, 0.2) is 29.1 Å². The lowest BCUT2D eigenvalue weighted by molar-refractivity contribution is -0.939. The van der Waals surface area contributed by atoms with E-state index < -0.39 is 5.97 Å². The number of carboxylic acid groups (broad SMARTS) is 1. The number of rotatable bonds is 14. The number of hydrogen-bond donors (Lipinski definition) is 4. The molecular formula is C32H49N8O4+. The van der Waals surface area contributed by atoms with Crippen LogP contribution in [0.4, 0.5) is 5.82 Å². The fourth-order valence-corrected chi connectivity index (χ4v) is 6.91. The summed E-state index contributed by atoms with van der Waals surface area (Å²) in [6, 6.07) is 9.30. The second-order valence-corrected chi connectivity index (χ2v) is 12.7. The van der Waals surface area contributed by atoms with Crippen molar-refractivity contribution >= 4 is 23.0 Å². The number of nitrogens with one attached hydrogen (secondary N) is 2. The zero-order valence-corrected chi connectivity index (χ0v) is 26.3. The van der Waals surface area contributed by atoms with E-state index in [0.29, 0.717) is 30.4 Å². The van der Waals surface area contributed by atoms with Crippen LogP contribution < -0.4 is 21.5 Å². The third-order valence-corrected chi connectivity index (χ3v) is 9.60. The maximum atomic E-state index is 12.9. The molecule has 1 aromatic carbocycles. The number of aromatic nitrogens is 4. The number of hydrogen-bond acceptors (Lipinski definition) is 8. The summed E-state index contributed by atoms with van der Waals surface area (Å²) in [5.41, 5.74) is 8.79. The number of likely N-dealkylation sites (tertiary alicyclic amines) is 1. The summed E-state index contributed by atoms with van der Waals surface area (Å²) in [5, 5.41) is 12.7. The Hall–Kier alpha value is -3.48. The van der Waals surface area contributed by atoms with E-state index in [9.17, 15) is 9.59 Å². The molecule has 240 valence electrons. The van der Waals surface area contributed by atoms with Gasteiger partial charge in [-0.15, -0.1) is 0 Å². The predicted octanol–water partition coefficient (Wildman–Crippen LogP) is 2.76. The van der Waals surface area contributed by atoms with Crippen LogP contribution in [0.1, 0.15) is 63.0 Å². The molecular weight excluding hydrogens is 560 g/mol. The Morgan fingerprint density at radius 2 is 1.82 bits per heavy atom. The van der Waals surface area contributed by atoms with Crippen LogP contribution >= 0.6 is 0 Å². The van der Waals surface area contributed by atoms with Gasteiger partial charge in [0.05, 0.1) is 39.2 Å². The largest absolute Gasteiger partial charge is 0.481 e. The molecule has 44 heavy (non-hydrogen) atoms. The van der Waals surface area contributed by atoms with Crippen LogP contribution in [-0.4, -0.2) is 98.4 Å². The van der Waals surface area contributed by atoms with Crippen LogP contribution in [-0.2, 0) is 24.3 Å². The number of benzene rings is 1. The number of anilines is 1. The number of unbranched alkanes of at least 4 members (excludes halogenated alkanes) is 1. The normalized spacial score (nSPS) is 21.2. The van der Waals surface area contributed by atoms with E-state index in [1.807, 2.05) is 24.3 Å². The first-order chi connectivity index (χ1) is 21.3. The molecule has 5 rings (SSSR count). The maximum Gasteiger partial charge on any atom is 0.327 e. The Bertz CT molecular complexity index is 1440. The number of carbonyl (C=O) groups is 1. The number of imidazole rings is 1. The topological polar surface area (TPSA) is 151 Å². The van der Waals surface area contributed by atoms with Gasteiger partial charge >= 0.3 is 17.7 Å². The lowest BCUT2D eigenvalue weighted by Gasteiger charge is -2.49. The first kappa shape index (κ1) is 31.9. The number of nitrogen functional groups attached to an aromatic ring is 1. The average Bonchev–Trinajstić information content (AvgIpc) is 3.33. The minimum absolute atomic E-state index is 0.0264. The SMILES string of the molecule is CCCCOc1nc(N)c2[nH]c(=O)n(CCCN(Cc3ccc(CC(=O)O)cc3)C3CC[N+](C)(C4CCNCC4)CC3)c2n1. The van der Waals surface area contributed by atoms with Crippen molar-refractivity contribution in [1.82, 2.24) is 29.7 Å². The van der Waals surface area contributed by atoms with Gasteiger partial charge < -0.3 is 30.4 Å². The van der Waals surface area contributed by atoms with Gasteiger partial charge in [-0.25, -0.2) is 4.79 Å². The number of carboxylic acids is 1. The number of aromatic amines is 1. The van der Waals surface area contributed by atoms with Gasteiger partial charge in [0.25, 0.3) is 0 Å². The second-order valence-electron chi connectivity index (χ2n) is 12.7. The zero-order valence-electron chi connectivity index (χ0n) is 26.3. The highest BCUT2D eigenvalue weighted by atomic mass is 16.5. The quantitative estimate of drug-likeness (QED) is 0.160. The highest BCUT2D eigenvalue weighted by Crippen LogP contribution is 2.29. The Morgan fingerprint density at radius 3 is 2.50 bits per heavy atom. The van der Waals surface area contributed by atoms with Gasteiger partial charge in [-0.05, 0) is 24.0 Å². The number of aryl methyl sites for hydroxylation is 1. The third-order valence-electron chi connectivity index (χ3n) is 9.60. The van der Waals surface area contributed by atoms with E-state index in [4.69, 9.17) is 15.6 Å². The molecule has 2 saturated heterocycles. The molecule has 2 aliphatic heterocycles. The fourth-order valence-electron chi connectivity index (χ4n) is 6.91. The summed E-state index contributed by atoms with van der Waals surface area (Å²) in [4.78, 5) is 38.2. The first-order valence-corrected chi connectivity index (χ1v) is 16.2. The Balaban J connectivity index is 1.29. The minimum atomic E-state index is -0.823. The number of aliphatic carboxylic acids is 1. The molecule has 2 aliphatic rings. The molecule has 0 radical (unpaired) electrons. The van der Waals surface area contributed by atoms with Crippen molar-refractivity contribution in [2.24, 2.45) is 0 Å². The molecule has 0 spiro atoms. The number of quaternary nitrogens is 1. The molecule has 2 aromatic heterocycles. The molecule has 0 saturated carbocycles. The molecule has 4 heterocycles. The predicted molar refractivity (Wildman–Crippen MR) is 171 cm³/mol. The Kier molecular flexibility index (Phi) is 10.5. The number of piperidine rings is 2. The summed E-state index contributed by atoms with van der Waals surface area (Å²) in [6.45, 7) is 9.24. The van der Waals surface area contributed by atoms with Crippen molar-refractivity contribution < 1.29 is 19.1 Å². The van der Waals surface area contributed by atoms with Crippen LogP contribution in [0.3, 0.4) is 0 Å². The summed E-state index contributed by atoms with van der Waals surface area (Å²) >= 11 is 0. The average molecular weight is 610 g/mol. The van der Waals surface area contributed by atoms with Crippen LogP contribution in [0.5, 0.6) is 6.01 Å². The van der Waals surface area contributed by atoms with E-state index >= 15 is 0 Å². The minimum Gasteiger partial charge on any atom is -0.481 e. The molecule has 0 atom stereocenters. The molecule has 5 N–H and O–H groups in total. The van der Waals surface area contributed by atoms with Gasteiger partial charge in [-0.3, -0.25) is 14.3 Å². The van der Waals surface area contributed by atoms with E-state index in [0.717, 1.165) is 74.4 Å². The summed E-state index contributed by atoms with van der Waals surface area (Å²) < 4.78 is 8.50. The summed E-state index contributed by atoms with van der Waals surface area (Å²) in [6.07, 6.45) is 7.41. The molecule has 12 nitrogen and oxygen atoms in total. The van der Waals surface area contributed by atoms with Gasteiger partial charge in [-0.1, -0.05) is 37.6 Å². The van der Waals surface area contributed by atoms with Crippen molar-refractivity contribution in [2.45, 2.75) is 83.5 Å². The maximum absolute atomic E-state index is 12.9. The number of fused-ring (bicyclic) bond motifs is 1. The summed E-state index contributed by atoms with van der Waals surface area (Å²) in [5.74, 6) is -0.613. The summed E-state index contributed by atoms with van der Waals surface area (Å²) in [7, 11) is 2.44. The van der Waals surface area contributed by atoms with Crippen LogP contribution in [0, 0.1) is 0 Å².